The molecule has 3 amide bonds. The van der Waals surface area contributed by atoms with E-state index in [1.807, 2.05) is 0 Å². The van der Waals surface area contributed by atoms with Crippen LogP contribution in [0.15, 0.2) is 59.5 Å². The third-order valence-corrected chi connectivity index (χ3v) is 7.47. The summed E-state index contributed by atoms with van der Waals surface area (Å²) >= 11 is 8.80. The Kier molecular flexibility index (Phi) is 8.95. The number of halogens is 3. The zero-order chi connectivity index (χ0) is 27.4. The SMILES string of the molecule is COc1cc(/C=C2/SC(=O)N(CC(=O)Nc3cc(Cl)ccc3C)C2=O)cc(I)c1OCc1ccccc1F. The molecular weight excluding hydrogens is 646 g/mol. The highest BCUT2D eigenvalue weighted by Crippen LogP contribution is 2.37. The molecule has 0 saturated carbocycles. The Morgan fingerprint density at radius 3 is 2.68 bits per heavy atom. The van der Waals surface area contributed by atoms with Gasteiger partial charge in [-0.2, -0.15) is 0 Å². The Balaban J connectivity index is 1.48. The van der Waals surface area contributed by atoms with E-state index in [2.05, 4.69) is 27.9 Å². The topological polar surface area (TPSA) is 84.9 Å². The van der Waals surface area contributed by atoms with Crippen molar-refractivity contribution in [1.29, 1.82) is 0 Å². The molecule has 1 heterocycles. The fourth-order valence-corrected chi connectivity index (χ4v) is 5.37. The standard InChI is InChI=1S/C27H21ClFIN2O5S/c1-15-7-8-18(28)12-21(15)31-24(33)13-32-26(34)23(38-27(32)35)11-16-9-20(30)25(22(10-16)36-2)37-14-17-5-3-4-6-19(17)29/h3-12H,13-14H2,1-2H3,(H,31,33)/b23-11+. The Hall–Kier alpha value is -3.09. The van der Waals surface area contributed by atoms with E-state index in [0.717, 1.165) is 22.2 Å². The number of methoxy groups -OCH3 is 1. The summed E-state index contributed by atoms with van der Waals surface area (Å²) in [6.07, 6.45) is 1.55. The molecule has 0 bridgehead atoms. The summed E-state index contributed by atoms with van der Waals surface area (Å²) in [6, 6.07) is 14.8. The molecule has 0 unspecified atom stereocenters. The van der Waals surface area contributed by atoms with E-state index in [0.29, 0.717) is 36.9 Å². The van der Waals surface area contributed by atoms with Crippen LogP contribution in [-0.2, 0) is 16.2 Å². The number of rotatable bonds is 8. The third-order valence-electron chi connectivity index (χ3n) is 5.53. The lowest BCUT2D eigenvalue weighted by atomic mass is 10.1. The maximum absolute atomic E-state index is 14.0. The zero-order valence-electron chi connectivity index (χ0n) is 20.2. The molecule has 1 aliphatic heterocycles. The summed E-state index contributed by atoms with van der Waals surface area (Å²) in [4.78, 5) is 39.1. The van der Waals surface area contributed by atoms with Crippen LogP contribution in [-0.4, -0.2) is 35.6 Å². The Labute approximate surface area is 241 Å². The largest absolute Gasteiger partial charge is 0.493 e. The van der Waals surface area contributed by atoms with Crippen molar-refractivity contribution < 1.29 is 28.2 Å². The monoisotopic (exact) mass is 666 g/mol. The molecule has 1 aliphatic rings. The molecule has 38 heavy (non-hydrogen) atoms. The lowest BCUT2D eigenvalue weighted by Gasteiger charge is -2.14. The van der Waals surface area contributed by atoms with E-state index in [1.165, 1.54) is 13.2 Å². The van der Waals surface area contributed by atoms with E-state index >= 15 is 0 Å². The molecule has 0 aliphatic carbocycles. The lowest BCUT2D eigenvalue weighted by Crippen LogP contribution is -2.36. The second-order valence-electron chi connectivity index (χ2n) is 8.19. The Morgan fingerprint density at radius 2 is 1.95 bits per heavy atom. The van der Waals surface area contributed by atoms with Crippen LogP contribution in [0.25, 0.3) is 6.08 Å². The molecule has 11 heteroatoms. The number of ether oxygens (including phenoxy) is 2. The summed E-state index contributed by atoms with van der Waals surface area (Å²) in [5.41, 5.74) is 2.29. The number of amides is 3. The molecule has 0 atom stereocenters. The van der Waals surface area contributed by atoms with E-state index in [1.54, 1.807) is 61.5 Å². The van der Waals surface area contributed by atoms with Gasteiger partial charge in [-0.15, -0.1) is 0 Å². The van der Waals surface area contributed by atoms with Gasteiger partial charge in [0.05, 0.1) is 15.6 Å². The number of imide groups is 1. The predicted octanol–water partition coefficient (Wildman–Crippen LogP) is 6.65. The van der Waals surface area contributed by atoms with E-state index in [-0.39, 0.29) is 17.3 Å². The van der Waals surface area contributed by atoms with Gasteiger partial charge in [-0.05, 0) is 88.8 Å². The molecule has 196 valence electrons. The normalized spacial score (nSPS) is 14.2. The van der Waals surface area contributed by atoms with Crippen molar-refractivity contribution in [3.05, 3.63) is 90.6 Å². The van der Waals surface area contributed by atoms with Gasteiger partial charge in [0.1, 0.15) is 19.0 Å². The average Bonchev–Trinajstić information content (AvgIpc) is 3.13. The van der Waals surface area contributed by atoms with Crippen LogP contribution in [0.2, 0.25) is 5.02 Å². The molecule has 1 fully saturated rings. The predicted molar refractivity (Wildman–Crippen MR) is 154 cm³/mol. The van der Waals surface area contributed by atoms with Gasteiger partial charge in [-0.25, -0.2) is 4.39 Å². The van der Waals surface area contributed by atoms with E-state index in [9.17, 15) is 18.8 Å². The van der Waals surface area contributed by atoms with E-state index in [4.69, 9.17) is 21.1 Å². The minimum atomic E-state index is -0.577. The summed E-state index contributed by atoms with van der Waals surface area (Å²) in [5, 5.41) is 2.59. The van der Waals surface area contributed by atoms with Gasteiger partial charge < -0.3 is 14.8 Å². The minimum absolute atomic E-state index is 0.00798. The second kappa shape index (κ2) is 12.2. The first-order chi connectivity index (χ1) is 18.2. The number of carbonyl (C=O) groups is 3. The maximum atomic E-state index is 14.0. The lowest BCUT2D eigenvalue weighted by molar-refractivity contribution is -0.127. The van der Waals surface area contributed by atoms with Crippen molar-refractivity contribution in [3.63, 3.8) is 0 Å². The summed E-state index contributed by atoms with van der Waals surface area (Å²) < 4.78 is 25.9. The van der Waals surface area contributed by atoms with Gasteiger partial charge in [0, 0.05) is 16.3 Å². The van der Waals surface area contributed by atoms with Crippen LogP contribution < -0.4 is 14.8 Å². The van der Waals surface area contributed by atoms with Crippen LogP contribution in [0.3, 0.4) is 0 Å². The minimum Gasteiger partial charge on any atom is -0.493 e. The first kappa shape index (κ1) is 27.9. The fraction of sp³-hybridized carbons (Fsp3) is 0.148. The molecule has 0 aromatic heterocycles. The number of hydrogen-bond donors (Lipinski definition) is 1. The van der Waals surface area contributed by atoms with E-state index < -0.39 is 23.6 Å². The summed E-state index contributed by atoms with van der Waals surface area (Å²) in [7, 11) is 1.47. The molecule has 3 aromatic rings. The van der Waals surface area contributed by atoms with Crippen molar-refractivity contribution in [1.82, 2.24) is 4.90 Å². The van der Waals surface area contributed by atoms with Crippen LogP contribution in [0.1, 0.15) is 16.7 Å². The van der Waals surface area contributed by atoms with Gasteiger partial charge in [-0.1, -0.05) is 35.9 Å². The molecule has 4 rings (SSSR count). The first-order valence-corrected chi connectivity index (χ1v) is 13.5. The van der Waals surface area contributed by atoms with Crippen molar-refractivity contribution in [3.8, 4) is 11.5 Å². The van der Waals surface area contributed by atoms with Crippen molar-refractivity contribution in [2.75, 3.05) is 19.0 Å². The number of anilines is 1. The molecule has 0 radical (unpaired) electrons. The van der Waals surface area contributed by atoms with Gasteiger partial charge in [0.2, 0.25) is 5.91 Å². The number of nitrogens with one attached hydrogen (secondary N) is 1. The number of aryl methyl sites for hydroxylation is 1. The smallest absolute Gasteiger partial charge is 0.294 e. The number of hydrogen-bond acceptors (Lipinski definition) is 6. The van der Waals surface area contributed by atoms with Gasteiger partial charge >= 0.3 is 0 Å². The van der Waals surface area contributed by atoms with Gasteiger partial charge in [-0.3, -0.25) is 19.3 Å². The highest BCUT2D eigenvalue weighted by Gasteiger charge is 2.36. The van der Waals surface area contributed by atoms with Crippen molar-refractivity contribution >= 4 is 74.8 Å². The van der Waals surface area contributed by atoms with Crippen LogP contribution in [0, 0.1) is 16.3 Å². The van der Waals surface area contributed by atoms with Crippen molar-refractivity contribution in [2.45, 2.75) is 13.5 Å². The highest BCUT2D eigenvalue weighted by atomic mass is 127. The van der Waals surface area contributed by atoms with Crippen LogP contribution in [0.4, 0.5) is 14.9 Å². The molecule has 1 saturated heterocycles. The molecule has 0 spiro atoms. The highest BCUT2D eigenvalue weighted by molar-refractivity contribution is 14.1. The Morgan fingerprint density at radius 1 is 1.18 bits per heavy atom. The second-order valence-corrected chi connectivity index (χ2v) is 10.8. The fourth-order valence-electron chi connectivity index (χ4n) is 3.58. The molecular formula is C27H21ClFIN2O5S. The Bertz CT molecular complexity index is 1470. The number of nitrogens with zero attached hydrogens (tertiary/aromatic N) is 1. The number of benzene rings is 3. The molecule has 1 N–H and O–H groups in total. The summed E-state index contributed by atoms with van der Waals surface area (Å²) in [6.45, 7) is 1.38. The van der Waals surface area contributed by atoms with Gasteiger partial charge in [0.15, 0.2) is 11.5 Å². The quantitative estimate of drug-likeness (QED) is 0.214. The first-order valence-electron chi connectivity index (χ1n) is 11.2. The van der Waals surface area contributed by atoms with Crippen LogP contribution >= 0.6 is 46.0 Å². The van der Waals surface area contributed by atoms with Crippen LogP contribution in [0.5, 0.6) is 11.5 Å². The average molecular weight is 667 g/mol. The third kappa shape index (κ3) is 6.48. The maximum Gasteiger partial charge on any atom is 0.294 e. The summed E-state index contributed by atoms with van der Waals surface area (Å²) in [5.74, 6) is -0.659. The molecule has 3 aromatic carbocycles. The zero-order valence-corrected chi connectivity index (χ0v) is 23.9. The van der Waals surface area contributed by atoms with Gasteiger partial charge in [0.25, 0.3) is 11.1 Å². The van der Waals surface area contributed by atoms with Crippen molar-refractivity contribution in [2.24, 2.45) is 0 Å². The molecule has 7 nitrogen and oxygen atoms in total. The number of carbonyl (C=O) groups excluding carboxylic acids is 3. The number of thioether (sulfide) groups is 1.